The quantitative estimate of drug-likeness (QED) is 0.677. The van der Waals surface area contributed by atoms with Crippen LogP contribution < -0.4 is 10.9 Å². The standard InChI is InChI=1S/C18H14Cl2N4O2/c1-24-16(26)9-14(11-5-7-21-8-6-11)23-18(24)22-10-15(25)17-12(19)3-2-4-13(17)20/h2-9H,10H2,1H3,(H,22,23). The Morgan fingerprint density at radius 1 is 1.15 bits per heavy atom. The van der Waals surface area contributed by atoms with Gasteiger partial charge in [0, 0.05) is 31.1 Å². The predicted molar refractivity (Wildman–Crippen MR) is 102 cm³/mol. The highest BCUT2D eigenvalue weighted by atomic mass is 35.5. The van der Waals surface area contributed by atoms with Crippen LogP contribution in [-0.2, 0) is 7.05 Å². The van der Waals surface area contributed by atoms with Crippen molar-refractivity contribution in [2.45, 2.75) is 0 Å². The average Bonchev–Trinajstić information content (AvgIpc) is 2.63. The van der Waals surface area contributed by atoms with Gasteiger partial charge < -0.3 is 5.32 Å². The lowest BCUT2D eigenvalue weighted by Crippen LogP contribution is -2.24. The van der Waals surface area contributed by atoms with Crippen LogP contribution >= 0.6 is 23.2 Å². The third-order valence-corrected chi connectivity index (χ3v) is 4.39. The third-order valence-electron chi connectivity index (χ3n) is 3.76. The maximum absolute atomic E-state index is 12.5. The lowest BCUT2D eigenvalue weighted by atomic mass is 10.1. The van der Waals surface area contributed by atoms with E-state index in [1.807, 2.05) is 0 Å². The molecule has 1 N–H and O–H groups in total. The van der Waals surface area contributed by atoms with Crippen molar-refractivity contribution in [3.05, 3.63) is 74.8 Å². The maximum atomic E-state index is 12.5. The second-order valence-electron chi connectivity index (χ2n) is 5.47. The van der Waals surface area contributed by atoms with Crippen LogP contribution in [0.25, 0.3) is 11.3 Å². The first-order chi connectivity index (χ1) is 12.5. The number of pyridine rings is 1. The molecule has 0 bridgehead atoms. The fourth-order valence-corrected chi connectivity index (χ4v) is 2.99. The summed E-state index contributed by atoms with van der Waals surface area (Å²) in [5.74, 6) is -0.0370. The molecule has 3 aromatic rings. The number of hydrogen-bond acceptors (Lipinski definition) is 5. The second-order valence-corrected chi connectivity index (χ2v) is 6.29. The molecule has 6 nitrogen and oxygen atoms in total. The van der Waals surface area contributed by atoms with Gasteiger partial charge in [-0.05, 0) is 24.3 Å². The Morgan fingerprint density at radius 2 is 1.81 bits per heavy atom. The van der Waals surface area contributed by atoms with Crippen molar-refractivity contribution in [3.8, 4) is 11.3 Å². The Balaban J connectivity index is 1.87. The first-order valence-corrected chi connectivity index (χ1v) is 8.42. The summed E-state index contributed by atoms with van der Waals surface area (Å²) in [4.78, 5) is 33.0. The van der Waals surface area contributed by atoms with Crippen LogP contribution in [-0.4, -0.2) is 26.9 Å². The first-order valence-electron chi connectivity index (χ1n) is 7.67. The van der Waals surface area contributed by atoms with Gasteiger partial charge in [0.25, 0.3) is 5.56 Å². The molecule has 1 aromatic carbocycles. The van der Waals surface area contributed by atoms with E-state index in [4.69, 9.17) is 23.2 Å². The molecule has 0 fully saturated rings. The highest BCUT2D eigenvalue weighted by molar-refractivity contribution is 6.40. The Labute approximate surface area is 159 Å². The summed E-state index contributed by atoms with van der Waals surface area (Å²) in [6.45, 7) is -0.108. The van der Waals surface area contributed by atoms with Gasteiger partial charge in [0.1, 0.15) is 0 Å². The zero-order chi connectivity index (χ0) is 18.7. The van der Waals surface area contributed by atoms with Gasteiger partial charge in [-0.3, -0.25) is 19.1 Å². The molecule has 2 aromatic heterocycles. The average molecular weight is 389 g/mol. The van der Waals surface area contributed by atoms with Crippen molar-refractivity contribution in [1.82, 2.24) is 14.5 Å². The zero-order valence-corrected chi connectivity index (χ0v) is 15.3. The van der Waals surface area contributed by atoms with Crippen LogP contribution in [0.2, 0.25) is 10.0 Å². The van der Waals surface area contributed by atoms with Gasteiger partial charge in [0.15, 0.2) is 5.78 Å². The minimum atomic E-state index is -0.302. The van der Waals surface area contributed by atoms with Crippen molar-refractivity contribution < 1.29 is 4.79 Å². The summed E-state index contributed by atoms with van der Waals surface area (Å²) in [5, 5.41) is 3.44. The number of halogens is 2. The summed E-state index contributed by atoms with van der Waals surface area (Å²) >= 11 is 12.1. The van der Waals surface area contributed by atoms with E-state index in [2.05, 4.69) is 15.3 Å². The summed E-state index contributed by atoms with van der Waals surface area (Å²) < 4.78 is 1.33. The SMILES string of the molecule is Cn1c(NCC(=O)c2c(Cl)cccc2Cl)nc(-c2ccncc2)cc1=O. The van der Waals surface area contributed by atoms with Crippen molar-refractivity contribution >= 4 is 34.9 Å². The van der Waals surface area contributed by atoms with E-state index >= 15 is 0 Å². The summed E-state index contributed by atoms with van der Waals surface area (Å²) in [7, 11) is 1.57. The molecule has 0 unspecified atom stereocenters. The number of aromatic nitrogens is 3. The third kappa shape index (κ3) is 3.76. The summed E-state index contributed by atoms with van der Waals surface area (Å²) in [6, 6.07) is 9.78. The van der Waals surface area contributed by atoms with E-state index in [9.17, 15) is 9.59 Å². The van der Waals surface area contributed by atoms with Crippen LogP contribution in [0.4, 0.5) is 5.95 Å². The number of anilines is 1. The van der Waals surface area contributed by atoms with Gasteiger partial charge in [-0.25, -0.2) is 4.98 Å². The van der Waals surface area contributed by atoms with E-state index in [1.165, 1.54) is 10.6 Å². The van der Waals surface area contributed by atoms with Crippen molar-refractivity contribution in [3.63, 3.8) is 0 Å². The molecule has 0 aliphatic heterocycles. The molecule has 0 saturated heterocycles. The molecular formula is C18H14Cl2N4O2. The van der Waals surface area contributed by atoms with E-state index in [0.717, 1.165) is 5.56 Å². The van der Waals surface area contributed by atoms with Crippen LogP contribution in [0.3, 0.4) is 0 Å². The largest absolute Gasteiger partial charge is 0.348 e. The summed E-state index contributed by atoms with van der Waals surface area (Å²) in [6.07, 6.45) is 3.23. The van der Waals surface area contributed by atoms with Crippen molar-refractivity contribution in [2.24, 2.45) is 7.05 Å². The Kier molecular flexibility index (Phi) is 5.35. The Hall–Kier alpha value is -2.70. The molecule has 0 radical (unpaired) electrons. The van der Waals surface area contributed by atoms with Gasteiger partial charge in [-0.2, -0.15) is 0 Å². The lowest BCUT2D eigenvalue weighted by Gasteiger charge is -2.12. The molecule has 0 aliphatic carbocycles. The Morgan fingerprint density at radius 3 is 2.46 bits per heavy atom. The van der Waals surface area contributed by atoms with Crippen LogP contribution in [0.1, 0.15) is 10.4 Å². The first kappa shape index (κ1) is 18.1. The van der Waals surface area contributed by atoms with Gasteiger partial charge in [0.05, 0.1) is 27.8 Å². The molecule has 3 rings (SSSR count). The minimum absolute atomic E-state index is 0.108. The molecule has 132 valence electrons. The normalized spacial score (nSPS) is 10.6. The number of carbonyl (C=O) groups excluding carboxylic acids is 1. The van der Waals surface area contributed by atoms with Gasteiger partial charge in [-0.1, -0.05) is 29.3 Å². The molecule has 8 heteroatoms. The van der Waals surface area contributed by atoms with E-state index in [-0.39, 0.29) is 39.4 Å². The Bertz CT molecular complexity index is 999. The molecule has 0 spiro atoms. The molecule has 0 atom stereocenters. The smallest absolute Gasteiger partial charge is 0.255 e. The number of rotatable bonds is 5. The fourth-order valence-electron chi connectivity index (χ4n) is 2.38. The minimum Gasteiger partial charge on any atom is -0.348 e. The molecule has 0 amide bonds. The molecule has 0 saturated carbocycles. The number of hydrogen-bond donors (Lipinski definition) is 1. The number of benzene rings is 1. The topological polar surface area (TPSA) is 76.9 Å². The number of Topliss-reactive ketones (excluding diaryl/α,β-unsaturated/α-hetero) is 1. The van der Waals surface area contributed by atoms with Gasteiger partial charge in [0.2, 0.25) is 5.95 Å². The fraction of sp³-hybridized carbons (Fsp3) is 0.111. The molecule has 26 heavy (non-hydrogen) atoms. The number of carbonyl (C=O) groups is 1. The van der Waals surface area contributed by atoms with Crippen molar-refractivity contribution in [1.29, 1.82) is 0 Å². The van der Waals surface area contributed by atoms with Gasteiger partial charge >= 0.3 is 0 Å². The van der Waals surface area contributed by atoms with E-state index in [0.29, 0.717) is 5.69 Å². The maximum Gasteiger partial charge on any atom is 0.255 e. The van der Waals surface area contributed by atoms with Crippen LogP contribution in [0.15, 0.2) is 53.6 Å². The highest BCUT2D eigenvalue weighted by Gasteiger charge is 2.15. The predicted octanol–water partition coefficient (Wildman–Crippen LogP) is 3.44. The summed E-state index contributed by atoms with van der Waals surface area (Å²) in [5.41, 5.74) is 1.22. The molecule has 0 aliphatic rings. The number of ketones is 1. The molecular weight excluding hydrogens is 375 g/mol. The van der Waals surface area contributed by atoms with E-state index in [1.54, 1.807) is 49.8 Å². The molecule has 2 heterocycles. The van der Waals surface area contributed by atoms with Crippen LogP contribution in [0.5, 0.6) is 0 Å². The second kappa shape index (κ2) is 7.68. The number of nitrogens with zero attached hydrogens (tertiary/aromatic N) is 3. The van der Waals surface area contributed by atoms with Crippen molar-refractivity contribution in [2.75, 3.05) is 11.9 Å². The van der Waals surface area contributed by atoms with Crippen LogP contribution in [0, 0.1) is 0 Å². The lowest BCUT2D eigenvalue weighted by molar-refractivity contribution is 0.101. The number of nitrogens with one attached hydrogen (secondary N) is 1. The van der Waals surface area contributed by atoms with Gasteiger partial charge in [-0.15, -0.1) is 0 Å². The highest BCUT2D eigenvalue weighted by Crippen LogP contribution is 2.24. The zero-order valence-electron chi connectivity index (χ0n) is 13.7. The van der Waals surface area contributed by atoms with E-state index < -0.39 is 0 Å². The monoisotopic (exact) mass is 388 g/mol.